The number of fused-ring (bicyclic) bond motifs is 1. The van der Waals surface area contributed by atoms with Gasteiger partial charge in [-0.05, 0) is 67.4 Å². The number of rotatable bonds is 8. The highest BCUT2D eigenvalue weighted by molar-refractivity contribution is 5.73. The van der Waals surface area contributed by atoms with Crippen LogP contribution in [0.5, 0.6) is 5.88 Å². The van der Waals surface area contributed by atoms with Crippen molar-refractivity contribution in [2.24, 2.45) is 17.3 Å². The van der Waals surface area contributed by atoms with Crippen LogP contribution in [0.1, 0.15) is 90.3 Å². The summed E-state index contributed by atoms with van der Waals surface area (Å²) in [6, 6.07) is 2.12. The number of amides is 1. The van der Waals surface area contributed by atoms with Crippen LogP contribution in [0.25, 0.3) is 0 Å². The number of aliphatic hydroxyl groups excluding tert-OH is 1. The molecule has 6 heteroatoms. The molecule has 0 aromatic carbocycles. The van der Waals surface area contributed by atoms with Gasteiger partial charge in [0.1, 0.15) is 5.60 Å². The van der Waals surface area contributed by atoms with Gasteiger partial charge in [-0.1, -0.05) is 27.7 Å². The third-order valence-electron chi connectivity index (χ3n) is 7.46. The molecule has 2 fully saturated rings. The summed E-state index contributed by atoms with van der Waals surface area (Å²) in [7, 11) is 0. The summed E-state index contributed by atoms with van der Waals surface area (Å²) in [5.74, 6) is 1.96. The second-order valence-corrected chi connectivity index (χ2v) is 11.9. The first-order valence-corrected chi connectivity index (χ1v) is 12.4. The first-order valence-electron chi connectivity index (χ1n) is 12.4. The van der Waals surface area contributed by atoms with E-state index >= 15 is 0 Å². The van der Waals surface area contributed by atoms with Gasteiger partial charge >= 0.3 is 0 Å². The number of nitrogens with zero attached hydrogens (tertiary/aromatic N) is 1. The Morgan fingerprint density at radius 2 is 2.09 bits per heavy atom. The van der Waals surface area contributed by atoms with E-state index in [-0.39, 0.29) is 29.0 Å². The maximum Gasteiger partial charge on any atom is 0.218 e. The smallest absolute Gasteiger partial charge is 0.218 e. The second-order valence-electron chi connectivity index (χ2n) is 11.9. The van der Waals surface area contributed by atoms with Crippen molar-refractivity contribution >= 4 is 5.91 Å². The number of ether oxygens (including phenoxy) is 1. The van der Waals surface area contributed by atoms with Crippen LogP contribution in [0.2, 0.25) is 0 Å². The van der Waals surface area contributed by atoms with Crippen molar-refractivity contribution in [3.63, 3.8) is 0 Å². The van der Waals surface area contributed by atoms with Crippen molar-refractivity contribution in [2.45, 2.75) is 103 Å². The van der Waals surface area contributed by atoms with Crippen LogP contribution < -0.4 is 15.4 Å². The van der Waals surface area contributed by atoms with Crippen LogP contribution in [-0.2, 0) is 11.2 Å². The van der Waals surface area contributed by atoms with Crippen LogP contribution in [0.3, 0.4) is 0 Å². The molecule has 5 atom stereocenters. The molecule has 2 aliphatic carbocycles. The van der Waals surface area contributed by atoms with E-state index in [9.17, 15) is 9.90 Å². The molecule has 32 heavy (non-hydrogen) atoms. The summed E-state index contributed by atoms with van der Waals surface area (Å²) >= 11 is 0. The number of nitrogens with one attached hydrogen (secondary N) is 2. The number of hydrogen-bond donors (Lipinski definition) is 3. The molecule has 1 aliphatic heterocycles. The van der Waals surface area contributed by atoms with Gasteiger partial charge in [-0.2, -0.15) is 0 Å². The lowest BCUT2D eigenvalue weighted by atomic mass is 9.73. The zero-order valence-corrected chi connectivity index (χ0v) is 20.4. The molecule has 4 rings (SSSR count). The minimum absolute atomic E-state index is 0.0804. The molecule has 2 heterocycles. The van der Waals surface area contributed by atoms with Crippen molar-refractivity contribution in [2.75, 3.05) is 6.54 Å². The number of aliphatic hydroxyl groups is 1. The molecule has 2 unspecified atom stereocenters. The zero-order valence-electron chi connectivity index (χ0n) is 20.4. The van der Waals surface area contributed by atoms with Crippen molar-refractivity contribution in [3.8, 4) is 5.88 Å². The van der Waals surface area contributed by atoms with Gasteiger partial charge in [0.05, 0.1) is 12.1 Å². The number of carbonyl (C=O) groups excluding carboxylic acids is 1. The Balaban J connectivity index is 1.47. The summed E-state index contributed by atoms with van der Waals surface area (Å²) in [4.78, 5) is 16.4. The van der Waals surface area contributed by atoms with Gasteiger partial charge in [0.25, 0.3) is 0 Å². The van der Waals surface area contributed by atoms with Gasteiger partial charge in [0.2, 0.25) is 11.8 Å². The van der Waals surface area contributed by atoms with Crippen LogP contribution in [0, 0.1) is 17.3 Å². The molecule has 3 aliphatic rings. The van der Waals surface area contributed by atoms with Gasteiger partial charge in [-0.15, -0.1) is 0 Å². The Morgan fingerprint density at radius 1 is 1.38 bits per heavy atom. The molecule has 0 bridgehead atoms. The molecule has 2 saturated carbocycles. The van der Waals surface area contributed by atoms with Crippen molar-refractivity contribution in [3.05, 3.63) is 23.4 Å². The van der Waals surface area contributed by atoms with Crippen molar-refractivity contribution in [1.29, 1.82) is 0 Å². The highest BCUT2D eigenvalue weighted by Gasteiger charge is 2.46. The number of aromatic nitrogens is 1. The average molecular weight is 444 g/mol. The Bertz CT molecular complexity index is 830. The highest BCUT2D eigenvalue weighted by atomic mass is 16.5. The molecule has 0 saturated heterocycles. The Morgan fingerprint density at radius 3 is 2.66 bits per heavy atom. The van der Waals surface area contributed by atoms with Crippen LogP contribution in [0.15, 0.2) is 12.3 Å². The highest BCUT2D eigenvalue weighted by Crippen LogP contribution is 2.48. The maximum atomic E-state index is 11.7. The van der Waals surface area contributed by atoms with E-state index in [1.54, 1.807) is 0 Å². The monoisotopic (exact) mass is 443 g/mol. The van der Waals surface area contributed by atoms with Crippen molar-refractivity contribution < 1.29 is 14.6 Å². The fraction of sp³-hybridized carbons (Fsp3) is 0.769. The Labute approximate surface area is 192 Å². The van der Waals surface area contributed by atoms with Crippen LogP contribution in [0.4, 0.5) is 0 Å². The molecule has 1 aromatic rings. The van der Waals surface area contributed by atoms with E-state index < -0.39 is 6.10 Å². The normalized spacial score (nSPS) is 27.6. The fourth-order valence-electron chi connectivity index (χ4n) is 5.38. The lowest BCUT2D eigenvalue weighted by Gasteiger charge is -2.47. The summed E-state index contributed by atoms with van der Waals surface area (Å²) in [5, 5.41) is 17.6. The van der Waals surface area contributed by atoms with E-state index in [2.05, 4.69) is 44.4 Å². The van der Waals surface area contributed by atoms with E-state index in [4.69, 9.17) is 9.72 Å². The SMILES string of the molecule is CC(=O)N[C@@H](CC1CC1C)[C@H](O)CN[C@H]1CC2(CCC2)Oc2ncc(CC(C)(C)C)cc21. The Kier molecular flexibility index (Phi) is 6.56. The first kappa shape index (κ1) is 23.5. The molecule has 1 spiro atoms. The van der Waals surface area contributed by atoms with Gasteiger partial charge < -0.3 is 20.5 Å². The maximum absolute atomic E-state index is 11.7. The third kappa shape index (κ3) is 5.63. The molecular formula is C26H41N3O3. The summed E-state index contributed by atoms with van der Waals surface area (Å²) in [5.41, 5.74) is 2.39. The van der Waals surface area contributed by atoms with Gasteiger partial charge in [0, 0.05) is 37.7 Å². The lowest BCUT2D eigenvalue weighted by molar-refractivity contribution is -0.120. The zero-order chi connectivity index (χ0) is 23.1. The van der Waals surface area contributed by atoms with E-state index in [0.717, 1.165) is 43.5 Å². The van der Waals surface area contributed by atoms with E-state index in [0.29, 0.717) is 18.4 Å². The molecule has 0 radical (unpaired) electrons. The van der Waals surface area contributed by atoms with E-state index in [1.165, 1.54) is 25.3 Å². The number of hydrogen-bond acceptors (Lipinski definition) is 5. The standard InChI is InChI=1S/C26H41N3O3/c1-16-9-19(16)11-21(29-17(2)30)23(31)15-27-22-13-26(7-6-8-26)32-24-20(22)10-18(14-28-24)12-25(3,4)5/h10,14,16,19,21-23,27,31H,6-9,11-13,15H2,1-5H3,(H,29,30)/t16?,19?,21-,22-,23+/m0/s1. The molecule has 1 amide bonds. The quantitative estimate of drug-likeness (QED) is 0.567. The largest absolute Gasteiger partial charge is 0.471 e. The topological polar surface area (TPSA) is 83.5 Å². The first-order chi connectivity index (χ1) is 15.0. The number of carbonyl (C=O) groups is 1. The van der Waals surface area contributed by atoms with Gasteiger partial charge in [0.15, 0.2) is 0 Å². The molecule has 6 nitrogen and oxygen atoms in total. The molecule has 3 N–H and O–H groups in total. The molecule has 178 valence electrons. The average Bonchev–Trinajstić information content (AvgIpc) is 3.37. The van der Waals surface area contributed by atoms with Crippen LogP contribution in [-0.4, -0.2) is 40.3 Å². The fourth-order valence-corrected chi connectivity index (χ4v) is 5.38. The summed E-state index contributed by atoms with van der Waals surface area (Å²) in [6.07, 6.45) is 8.54. The van der Waals surface area contributed by atoms with E-state index in [1.807, 2.05) is 6.20 Å². The third-order valence-corrected chi connectivity index (χ3v) is 7.46. The van der Waals surface area contributed by atoms with Crippen molar-refractivity contribution in [1.82, 2.24) is 15.6 Å². The number of pyridine rings is 1. The minimum Gasteiger partial charge on any atom is -0.471 e. The Hall–Kier alpha value is -1.66. The second kappa shape index (κ2) is 8.94. The van der Waals surface area contributed by atoms with Crippen LogP contribution >= 0.6 is 0 Å². The summed E-state index contributed by atoms with van der Waals surface area (Å²) < 4.78 is 6.38. The summed E-state index contributed by atoms with van der Waals surface area (Å²) in [6.45, 7) is 10.9. The predicted octanol–water partition coefficient (Wildman–Crippen LogP) is 3.92. The molecular weight excluding hydrogens is 402 g/mol. The van der Waals surface area contributed by atoms with Gasteiger partial charge in [-0.3, -0.25) is 4.79 Å². The lowest BCUT2D eigenvalue weighted by Crippen LogP contribution is -2.52. The van der Waals surface area contributed by atoms with Gasteiger partial charge in [-0.25, -0.2) is 4.98 Å². The predicted molar refractivity (Wildman–Crippen MR) is 125 cm³/mol. The molecule has 1 aromatic heterocycles. The minimum atomic E-state index is -0.624.